The number of hydrogen-bond donors (Lipinski definition) is 4. The van der Waals surface area contributed by atoms with Crippen LogP contribution in [0, 0.1) is 35.3 Å². The number of nitrogens with zero attached hydrogens (tertiary/aromatic N) is 10. The molecule has 1 amide bonds. The van der Waals surface area contributed by atoms with Crippen LogP contribution in [0.25, 0.3) is 22.6 Å². The molecule has 0 aliphatic carbocycles. The van der Waals surface area contributed by atoms with Crippen LogP contribution in [0.5, 0.6) is 0 Å². The summed E-state index contributed by atoms with van der Waals surface area (Å²) >= 11 is 0. The highest BCUT2D eigenvalue weighted by atomic mass is 19.1. The molecular weight excluding hydrogens is 893 g/mol. The molecule has 6 heterocycles. The number of aliphatic hydroxyl groups is 1. The zero-order valence-corrected chi connectivity index (χ0v) is 38.2. The van der Waals surface area contributed by atoms with Gasteiger partial charge in [0.1, 0.15) is 53.3 Å². The SMILES string of the molecule is CCCn1c2c(c(=O)n(CCC)c1=O)NC(c1cnn(CC#CC(O)c3ccc(F)cc3)c1)N2C(C#Cc1cccc(F)c1)(C(N)=O)n1cc(-c2nc3c([nH]2)c(=O)n(CCC)c(=O)n3CCC)cn1. The Bertz CT molecular complexity index is 3470. The average molecular weight is 942 g/mol. The maximum absolute atomic E-state index is 14.8. The molecule has 7 aromatic rings. The van der Waals surface area contributed by atoms with Gasteiger partial charge < -0.3 is 21.1 Å². The van der Waals surface area contributed by atoms with Crippen LogP contribution in [0.1, 0.15) is 82.3 Å². The molecule has 5 aromatic heterocycles. The van der Waals surface area contributed by atoms with E-state index in [1.54, 1.807) is 6.20 Å². The number of rotatable bonds is 15. The summed E-state index contributed by atoms with van der Waals surface area (Å²) in [6.45, 7) is 7.96. The molecular formula is C48H49F2N13O6. The third-order valence-electron chi connectivity index (χ3n) is 11.5. The van der Waals surface area contributed by atoms with E-state index in [9.17, 15) is 37.9 Å². The summed E-state index contributed by atoms with van der Waals surface area (Å²) in [5, 5.41) is 23.0. The quantitative estimate of drug-likeness (QED) is 0.108. The molecule has 1 aliphatic heterocycles. The van der Waals surface area contributed by atoms with Gasteiger partial charge in [-0.1, -0.05) is 63.7 Å². The van der Waals surface area contributed by atoms with Gasteiger partial charge >= 0.3 is 11.4 Å². The third kappa shape index (κ3) is 8.64. The molecule has 0 saturated carbocycles. The van der Waals surface area contributed by atoms with Crippen LogP contribution in [0.4, 0.5) is 20.3 Å². The van der Waals surface area contributed by atoms with Crippen LogP contribution in [0.15, 0.2) is 92.5 Å². The number of amides is 1. The summed E-state index contributed by atoms with van der Waals surface area (Å²) in [5.41, 5.74) is 2.88. The summed E-state index contributed by atoms with van der Waals surface area (Å²) in [6, 6.07) is 10.6. The van der Waals surface area contributed by atoms with Gasteiger partial charge in [0.05, 0.1) is 18.0 Å². The first-order valence-electron chi connectivity index (χ1n) is 22.5. The predicted molar refractivity (Wildman–Crippen MR) is 253 cm³/mol. The van der Waals surface area contributed by atoms with E-state index in [0.29, 0.717) is 36.8 Å². The molecule has 3 atom stereocenters. The van der Waals surface area contributed by atoms with Gasteiger partial charge in [0, 0.05) is 49.7 Å². The van der Waals surface area contributed by atoms with E-state index < -0.39 is 58.0 Å². The predicted octanol–water partition coefficient (Wildman–Crippen LogP) is 3.75. The van der Waals surface area contributed by atoms with Crippen molar-refractivity contribution in [2.75, 3.05) is 10.2 Å². The van der Waals surface area contributed by atoms with Gasteiger partial charge in [0.2, 0.25) is 0 Å². The number of aliphatic hydroxyl groups excluding tert-OH is 1. The lowest BCUT2D eigenvalue weighted by Crippen LogP contribution is -2.60. The number of aromatic nitrogens is 10. The van der Waals surface area contributed by atoms with Crippen molar-refractivity contribution in [1.29, 1.82) is 0 Å². The molecule has 2 aromatic carbocycles. The summed E-state index contributed by atoms with van der Waals surface area (Å²) in [5.74, 6) is 9.33. The first-order valence-corrected chi connectivity index (χ1v) is 22.5. The summed E-state index contributed by atoms with van der Waals surface area (Å²) in [4.78, 5) is 80.1. The zero-order valence-electron chi connectivity index (χ0n) is 38.2. The van der Waals surface area contributed by atoms with Crippen LogP contribution in [-0.4, -0.2) is 58.8 Å². The lowest BCUT2D eigenvalue weighted by Gasteiger charge is -2.40. The number of fused-ring (bicyclic) bond motifs is 2. The van der Waals surface area contributed by atoms with Crippen molar-refractivity contribution < 1.29 is 18.7 Å². The van der Waals surface area contributed by atoms with Gasteiger partial charge in [-0.25, -0.2) is 28.0 Å². The Hall–Kier alpha value is -8.30. The number of benzene rings is 2. The minimum Gasteiger partial charge on any atom is -0.376 e. The average Bonchev–Trinajstić information content (AvgIpc) is 4.17. The maximum atomic E-state index is 14.8. The highest BCUT2D eigenvalue weighted by Crippen LogP contribution is 2.45. The number of primary amides is 1. The van der Waals surface area contributed by atoms with Crippen LogP contribution in [-0.2, 0) is 43.2 Å². The topological polar surface area (TPSA) is 231 Å². The molecule has 19 nitrogen and oxygen atoms in total. The Labute approximate surface area is 392 Å². The second kappa shape index (κ2) is 19.5. The van der Waals surface area contributed by atoms with E-state index in [2.05, 4.69) is 44.2 Å². The van der Waals surface area contributed by atoms with Gasteiger partial charge in [0.25, 0.3) is 22.7 Å². The molecule has 0 radical (unpaired) electrons. The van der Waals surface area contributed by atoms with Crippen LogP contribution < -0.4 is 38.4 Å². The molecule has 21 heteroatoms. The highest BCUT2D eigenvalue weighted by molar-refractivity contribution is 5.93. The standard InChI is InChI=1S/C48H49F2N13O6/c1-5-20-58-41-37(43(65)60(22-7-3)46(58)68)54-39(56-41)32-26-53-62(29-32)48(45(51)67,19-18-30-11-9-12-35(50)25-30)63-40(55-38-42(63)59(21-6-2)47(69)61(23-8-4)44(38)66)33-27-52-57(28-33)24-10-13-36(64)31-14-16-34(49)17-15-31/h9,11-12,14-17,25-29,36,40,55,64H,5-8,20-24H2,1-4H3,(H2,51,67)(H,54,56). The highest BCUT2D eigenvalue weighted by Gasteiger charge is 2.54. The molecule has 69 heavy (non-hydrogen) atoms. The molecule has 5 N–H and O–H groups in total. The van der Waals surface area contributed by atoms with Crippen LogP contribution in [0.3, 0.4) is 0 Å². The number of H-pyrrole nitrogens is 1. The fourth-order valence-corrected chi connectivity index (χ4v) is 8.38. The molecule has 0 bridgehead atoms. The van der Waals surface area contributed by atoms with Gasteiger partial charge in [-0.3, -0.25) is 42.2 Å². The van der Waals surface area contributed by atoms with E-state index in [1.165, 1.54) is 79.8 Å². The number of carbonyl (C=O) groups excluding carboxylic acids is 1. The Kier molecular flexibility index (Phi) is 13.3. The number of nitrogens with one attached hydrogen (secondary N) is 2. The summed E-state index contributed by atoms with van der Waals surface area (Å²) < 4.78 is 35.9. The summed E-state index contributed by atoms with van der Waals surface area (Å²) in [7, 11) is 0. The smallest absolute Gasteiger partial charge is 0.332 e. The van der Waals surface area contributed by atoms with Gasteiger partial charge in [0.15, 0.2) is 5.65 Å². The number of anilines is 2. The van der Waals surface area contributed by atoms with Crippen molar-refractivity contribution in [3.8, 4) is 35.1 Å². The lowest BCUT2D eigenvalue weighted by atomic mass is 10.0. The Morgan fingerprint density at radius 1 is 0.841 bits per heavy atom. The second-order valence-electron chi connectivity index (χ2n) is 16.4. The van der Waals surface area contributed by atoms with Crippen molar-refractivity contribution in [1.82, 2.24) is 47.8 Å². The van der Waals surface area contributed by atoms with E-state index in [4.69, 9.17) is 10.7 Å². The van der Waals surface area contributed by atoms with Crippen molar-refractivity contribution in [2.45, 2.75) is 104 Å². The molecule has 8 rings (SSSR count). The van der Waals surface area contributed by atoms with Crippen molar-refractivity contribution in [3.05, 3.63) is 143 Å². The Morgan fingerprint density at radius 2 is 1.51 bits per heavy atom. The largest absolute Gasteiger partial charge is 0.376 e. The van der Waals surface area contributed by atoms with Gasteiger partial charge in [-0.05, 0) is 67.5 Å². The Balaban J connectivity index is 1.35. The van der Waals surface area contributed by atoms with Crippen LogP contribution in [0.2, 0.25) is 0 Å². The van der Waals surface area contributed by atoms with E-state index in [1.807, 2.05) is 27.7 Å². The normalized spacial score (nSPS) is 14.4. The number of halogens is 2. The van der Waals surface area contributed by atoms with Crippen molar-refractivity contribution >= 4 is 28.6 Å². The number of aromatic amines is 1. The second-order valence-corrected chi connectivity index (χ2v) is 16.4. The first-order chi connectivity index (χ1) is 33.3. The fourth-order valence-electron chi connectivity index (χ4n) is 8.38. The molecule has 0 spiro atoms. The minimum absolute atomic E-state index is 0.0439. The van der Waals surface area contributed by atoms with E-state index >= 15 is 0 Å². The number of nitrogens with two attached hydrogens (primary N) is 1. The molecule has 356 valence electrons. The van der Waals surface area contributed by atoms with Crippen LogP contribution >= 0.6 is 0 Å². The van der Waals surface area contributed by atoms with Gasteiger partial charge in [-0.15, -0.1) is 0 Å². The Morgan fingerprint density at radius 3 is 2.19 bits per heavy atom. The molecule has 0 saturated heterocycles. The zero-order chi connectivity index (χ0) is 49.1. The van der Waals surface area contributed by atoms with E-state index in [0.717, 1.165) is 19.9 Å². The molecule has 3 unspecified atom stereocenters. The maximum Gasteiger partial charge on any atom is 0.332 e. The number of aryl methyl sites for hydroxylation is 1. The first kappa shape index (κ1) is 47.2. The molecule has 1 aliphatic rings. The minimum atomic E-state index is -2.47. The third-order valence-corrected chi connectivity index (χ3v) is 11.5. The molecule has 0 fully saturated rings. The lowest BCUT2D eigenvalue weighted by molar-refractivity contribution is -0.124. The monoisotopic (exact) mass is 941 g/mol. The van der Waals surface area contributed by atoms with Crippen molar-refractivity contribution in [3.63, 3.8) is 0 Å². The number of hydrogen-bond acceptors (Lipinski definition) is 11. The fraction of sp³-hybridized carbons (Fsp3) is 0.333. The number of carbonyl (C=O) groups is 1. The van der Waals surface area contributed by atoms with Crippen molar-refractivity contribution in [2.24, 2.45) is 5.73 Å². The van der Waals surface area contributed by atoms with Gasteiger partial charge in [-0.2, -0.15) is 10.2 Å². The summed E-state index contributed by atoms with van der Waals surface area (Å²) in [6.07, 6.45) is 5.26. The number of imidazole rings is 1. The van der Waals surface area contributed by atoms with E-state index in [-0.39, 0.29) is 72.3 Å².